The standard InChI is InChI=1S/C11H15ClFNO2S/c1-8(14)5-6-17(15,16)7-9-3-2-4-10(13)11(9)12/h2-4,8H,5-7,14H2,1H3. The summed E-state index contributed by atoms with van der Waals surface area (Å²) >= 11 is 5.70. The minimum Gasteiger partial charge on any atom is -0.328 e. The van der Waals surface area contributed by atoms with E-state index in [1.54, 1.807) is 6.92 Å². The van der Waals surface area contributed by atoms with Gasteiger partial charge in [0, 0.05) is 6.04 Å². The van der Waals surface area contributed by atoms with E-state index in [2.05, 4.69) is 0 Å². The molecule has 0 saturated carbocycles. The van der Waals surface area contributed by atoms with E-state index in [9.17, 15) is 12.8 Å². The maximum absolute atomic E-state index is 13.1. The fourth-order valence-electron chi connectivity index (χ4n) is 1.33. The molecular weight excluding hydrogens is 265 g/mol. The molecule has 1 aromatic carbocycles. The van der Waals surface area contributed by atoms with E-state index in [-0.39, 0.29) is 28.1 Å². The lowest BCUT2D eigenvalue weighted by molar-refractivity contribution is 0.586. The normalized spacial score (nSPS) is 13.6. The van der Waals surface area contributed by atoms with Gasteiger partial charge in [-0.15, -0.1) is 0 Å². The maximum Gasteiger partial charge on any atom is 0.154 e. The summed E-state index contributed by atoms with van der Waals surface area (Å²) < 4.78 is 36.6. The Morgan fingerprint density at radius 3 is 2.71 bits per heavy atom. The van der Waals surface area contributed by atoms with Gasteiger partial charge in [0.2, 0.25) is 0 Å². The Labute approximate surface area is 106 Å². The molecule has 0 aliphatic heterocycles. The molecule has 0 amide bonds. The van der Waals surface area contributed by atoms with E-state index < -0.39 is 15.7 Å². The van der Waals surface area contributed by atoms with Gasteiger partial charge in [0.25, 0.3) is 0 Å². The Morgan fingerprint density at radius 1 is 1.47 bits per heavy atom. The summed E-state index contributed by atoms with van der Waals surface area (Å²) in [6.45, 7) is 1.74. The fraction of sp³-hybridized carbons (Fsp3) is 0.455. The van der Waals surface area contributed by atoms with Gasteiger partial charge in [-0.05, 0) is 25.0 Å². The van der Waals surface area contributed by atoms with Crippen LogP contribution in [-0.4, -0.2) is 20.2 Å². The van der Waals surface area contributed by atoms with Gasteiger partial charge in [-0.1, -0.05) is 23.7 Å². The predicted octanol–water partition coefficient (Wildman–Crippen LogP) is 2.13. The van der Waals surface area contributed by atoms with E-state index in [1.807, 2.05) is 0 Å². The molecule has 96 valence electrons. The zero-order chi connectivity index (χ0) is 13.1. The second-order valence-corrected chi connectivity index (χ2v) is 6.63. The molecule has 17 heavy (non-hydrogen) atoms. The van der Waals surface area contributed by atoms with Crippen molar-refractivity contribution >= 4 is 21.4 Å². The molecular formula is C11H15ClFNO2S. The molecule has 1 rings (SSSR count). The van der Waals surface area contributed by atoms with E-state index in [1.165, 1.54) is 18.2 Å². The molecule has 0 spiro atoms. The highest BCUT2D eigenvalue weighted by Gasteiger charge is 2.16. The molecule has 0 bridgehead atoms. The van der Waals surface area contributed by atoms with Crippen LogP contribution in [0.4, 0.5) is 4.39 Å². The summed E-state index contributed by atoms with van der Waals surface area (Å²) in [6, 6.07) is 3.97. The van der Waals surface area contributed by atoms with Gasteiger partial charge in [0.15, 0.2) is 9.84 Å². The summed E-state index contributed by atoms with van der Waals surface area (Å²) in [6.07, 6.45) is 0.384. The third-order valence-electron chi connectivity index (χ3n) is 2.29. The molecule has 0 aliphatic carbocycles. The van der Waals surface area contributed by atoms with Crippen molar-refractivity contribution in [2.75, 3.05) is 5.75 Å². The predicted molar refractivity (Wildman–Crippen MR) is 67.2 cm³/mol. The lowest BCUT2D eigenvalue weighted by atomic mass is 10.2. The van der Waals surface area contributed by atoms with Crippen LogP contribution in [0.3, 0.4) is 0 Å². The van der Waals surface area contributed by atoms with Crippen LogP contribution in [0, 0.1) is 5.82 Å². The molecule has 0 aliphatic rings. The SMILES string of the molecule is CC(N)CCS(=O)(=O)Cc1cccc(F)c1Cl. The zero-order valence-electron chi connectivity index (χ0n) is 9.49. The first-order chi connectivity index (χ1) is 7.82. The average Bonchev–Trinajstić information content (AvgIpc) is 2.22. The molecule has 2 N–H and O–H groups in total. The Kier molecular flexibility index (Phi) is 4.91. The fourth-order valence-corrected chi connectivity index (χ4v) is 3.20. The highest BCUT2D eigenvalue weighted by molar-refractivity contribution is 7.90. The summed E-state index contributed by atoms with van der Waals surface area (Å²) in [7, 11) is -3.30. The van der Waals surface area contributed by atoms with Crippen LogP contribution in [0.25, 0.3) is 0 Å². The second kappa shape index (κ2) is 5.80. The van der Waals surface area contributed by atoms with Crippen molar-refractivity contribution < 1.29 is 12.8 Å². The minimum absolute atomic E-state index is 0.0164. The van der Waals surface area contributed by atoms with Crippen LogP contribution >= 0.6 is 11.6 Å². The van der Waals surface area contributed by atoms with Crippen molar-refractivity contribution in [2.45, 2.75) is 25.1 Å². The molecule has 0 radical (unpaired) electrons. The Hall–Kier alpha value is -0.650. The summed E-state index contributed by atoms with van der Waals surface area (Å²) in [5.74, 6) is -0.875. The van der Waals surface area contributed by atoms with Crippen LogP contribution in [0.5, 0.6) is 0 Å². The highest BCUT2D eigenvalue weighted by atomic mass is 35.5. The van der Waals surface area contributed by atoms with Crippen molar-refractivity contribution in [3.63, 3.8) is 0 Å². The second-order valence-electron chi connectivity index (χ2n) is 4.07. The summed E-state index contributed by atoms with van der Waals surface area (Å²) in [5.41, 5.74) is 5.78. The van der Waals surface area contributed by atoms with Crippen molar-refractivity contribution in [1.29, 1.82) is 0 Å². The quantitative estimate of drug-likeness (QED) is 0.898. The number of benzene rings is 1. The smallest absolute Gasteiger partial charge is 0.154 e. The Morgan fingerprint density at radius 2 is 2.12 bits per heavy atom. The highest BCUT2D eigenvalue weighted by Crippen LogP contribution is 2.22. The van der Waals surface area contributed by atoms with Gasteiger partial charge >= 0.3 is 0 Å². The molecule has 1 atom stereocenters. The first-order valence-corrected chi connectivity index (χ1v) is 7.40. The first-order valence-electron chi connectivity index (χ1n) is 5.21. The maximum atomic E-state index is 13.1. The van der Waals surface area contributed by atoms with Crippen molar-refractivity contribution in [1.82, 2.24) is 0 Å². The number of halogens is 2. The number of sulfone groups is 1. The number of hydrogen-bond acceptors (Lipinski definition) is 3. The number of hydrogen-bond donors (Lipinski definition) is 1. The third kappa shape index (κ3) is 4.61. The molecule has 3 nitrogen and oxygen atoms in total. The van der Waals surface area contributed by atoms with Crippen molar-refractivity contribution in [3.05, 3.63) is 34.6 Å². The van der Waals surface area contributed by atoms with Crippen LogP contribution < -0.4 is 5.73 Å². The van der Waals surface area contributed by atoms with Crippen LogP contribution in [0.2, 0.25) is 5.02 Å². The van der Waals surface area contributed by atoms with E-state index in [0.717, 1.165) is 0 Å². The molecule has 0 heterocycles. The van der Waals surface area contributed by atoms with Crippen molar-refractivity contribution in [3.8, 4) is 0 Å². The summed E-state index contributed by atoms with van der Waals surface area (Å²) in [4.78, 5) is 0. The van der Waals surface area contributed by atoms with Gasteiger partial charge < -0.3 is 5.73 Å². The summed E-state index contributed by atoms with van der Waals surface area (Å²) in [5, 5.41) is -0.128. The Bertz CT molecular complexity index is 488. The lowest BCUT2D eigenvalue weighted by Gasteiger charge is -2.08. The number of nitrogens with two attached hydrogens (primary N) is 1. The van der Waals surface area contributed by atoms with E-state index in [4.69, 9.17) is 17.3 Å². The molecule has 0 fully saturated rings. The van der Waals surface area contributed by atoms with Crippen LogP contribution in [0.1, 0.15) is 18.9 Å². The molecule has 1 unspecified atom stereocenters. The monoisotopic (exact) mass is 279 g/mol. The van der Waals surface area contributed by atoms with Gasteiger partial charge in [-0.25, -0.2) is 12.8 Å². The van der Waals surface area contributed by atoms with Crippen LogP contribution in [-0.2, 0) is 15.6 Å². The Balaban J connectivity index is 2.80. The van der Waals surface area contributed by atoms with Gasteiger partial charge in [0.1, 0.15) is 5.82 Å². The van der Waals surface area contributed by atoms with Gasteiger partial charge in [-0.3, -0.25) is 0 Å². The van der Waals surface area contributed by atoms with Crippen LogP contribution in [0.15, 0.2) is 18.2 Å². The minimum atomic E-state index is -3.30. The first kappa shape index (κ1) is 14.4. The topological polar surface area (TPSA) is 60.2 Å². The number of rotatable bonds is 5. The van der Waals surface area contributed by atoms with Crippen molar-refractivity contribution in [2.24, 2.45) is 5.73 Å². The molecule has 0 saturated heterocycles. The lowest BCUT2D eigenvalue weighted by Crippen LogP contribution is -2.20. The third-order valence-corrected chi connectivity index (χ3v) is 4.32. The molecule has 1 aromatic rings. The van der Waals surface area contributed by atoms with Gasteiger partial charge in [-0.2, -0.15) is 0 Å². The zero-order valence-corrected chi connectivity index (χ0v) is 11.1. The van der Waals surface area contributed by atoms with E-state index in [0.29, 0.717) is 6.42 Å². The molecule has 0 aromatic heterocycles. The van der Waals surface area contributed by atoms with Gasteiger partial charge in [0.05, 0.1) is 16.5 Å². The average molecular weight is 280 g/mol. The largest absolute Gasteiger partial charge is 0.328 e. The molecule has 6 heteroatoms. The van der Waals surface area contributed by atoms with E-state index >= 15 is 0 Å².